The lowest BCUT2D eigenvalue weighted by molar-refractivity contribution is -0.132. The highest BCUT2D eigenvalue weighted by atomic mass is 16.5. The van der Waals surface area contributed by atoms with E-state index in [9.17, 15) is 4.79 Å². The summed E-state index contributed by atoms with van der Waals surface area (Å²) in [5.74, 6) is 1.16. The molecule has 1 N–H and O–H groups in total. The summed E-state index contributed by atoms with van der Waals surface area (Å²) in [6.07, 6.45) is 2.86. The van der Waals surface area contributed by atoms with Crippen LogP contribution in [0, 0.1) is 0 Å². The molecule has 5 nitrogen and oxygen atoms in total. The van der Waals surface area contributed by atoms with Crippen molar-refractivity contribution in [1.82, 2.24) is 0 Å². The van der Waals surface area contributed by atoms with Crippen molar-refractivity contribution in [3.8, 4) is 17.2 Å². The number of benzene rings is 2. The molecule has 0 amide bonds. The van der Waals surface area contributed by atoms with Crippen LogP contribution in [0.15, 0.2) is 48.0 Å². The Hall–Kier alpha value is -2.95. The van der Waals surface area contributed by atoms with E-state index in [2.05, 4.69) is 0 Å². The number of aliphatic carboxylic acids is 1. The molecule has 0 unspecified atom stereocenters. The van der Waals surface area contributed by atoms with Crippen LogP contribution in [0.25, 0.3) is 6.08 Å². The van der Waals surface area contributed by atoms with Gasteiger partial charge in [-0.1, -0.05) is 25.1 Å². The molecule has 0 radical (unpaired) electrons. The average molecular weight is 370 g/mol. The molecular formula is C22H26O5. The second-order valence-electron chi connectivity index (χ2n) is 5.91. The molecule has 2 aromatic rings. The van der Waals surface area contributed by atoms with Crippen LogP contribution in [0.1, 0.15) is 31.4 Å². The van der Waals surface area contributed by atoms with Crippen LogP contribution in [0.2, 0.25) is 0 Å². The minimum atomic E-state index is -0.910. The van der Waals surface area contributed by atoms with E-state index in [0.717, 1.165) is 23.3 Å². The number of methoxy groups -OCH3 is 1. The molecule has 0 aliphatic carbocycles. The lowest BCUT2D eigenvalue weighted by Crippen LogP contribution is -2.03. The Morgan fingerprint density at radius 2 is 1.78 bits per heavy atom. The third-order valence-electron chi connectivity index (χ3n) is 4.07. The summed E-state index contributed by atoms with van der Waals surface area (Å²) < 4.78 is 16.7. The molecule has 27 heavy (non-hydrogen) atoms. The fourth-order valence-corrected chi connectivity index (χ4v) is 2.61. The number of hydrogen-bond acceptors (Lipinski definition) is 4. The van der Waals surface area contributed by atoms with Crippen molar-refractivity contribution in [1.29, 1.82) is 0 Å². The first-order valence-electron chi connectivity index (χ1n) is 9.03. The maximum Gasteiger partial charge on any atom is 0.331 e. The van der Waals surface area contributed by atoms with Crippen LogP contribution in [-0.2, 0) is 11.2 Å². The molecule has 5 heteroatoms. The van der Waals surface area contributed by atoms with Crippen LogP contribution in [0.5, 0.6) is 17.2 Å². The second-order valence-corrected chi connectivity index (χ2v) is 5.91. The topological polar surface area (TPSA) is 65.0 Å². The Balaban J connectivity index is 2.00. The highest BCUT2D eigenvalue weighted by molar-refractivity contribution is 5.92. The highest BCUT2D eigenvalue weighted by Gasteiger charge is 2.08. The maximum atomic E-state index is 11.2. The Morgan fingerprint density at radius 3 is 2.37 bits per heavy atom. The third-order valence-corrected chi connectivity index (χ3v) is 4.07. The summed E-state index contributed by atoms with van der Waals surface area (Å²) in [6, 6.07) is 13.4. The summed E-state index contributed by atoms with van der Waals surface area (Å²) in [4.78, 5) is 11.2. The van der Waals surface area contributed by atoms with E-state index in [0.29, 0.717) is 36.7 Å². The van der Waals surface area contributed by atoms with Gasteiger partial charge in [-0.2, -0.15) is 0 Å². The first kappa shape index (κ1) is 20.4. The highest BCUT2D eigenvalue weighted by Crippen LogP contribution is 2.29. The van der Waals surface area contributed by atoms with Crippen molar-refractivity contribution < 1.29 is 24.1 Å². The van der Waals surface area contributed by atoms with Gasteiger partial charge in [0.2, 0.25) is 0 Å². The molecule has 0 aliphatic rings. The van der Waals surface area contributed by atoms with Crippen LogP contribution in [0.3, 0.4) is 0 Å². The van der Waals surface area contributed by atoms with Crippen LogP contribution < -0.4 is 14.2 Å². The summed E-state index contributed by atoms with van der Waals surface area (Å²) in [5, 5.41) is 9.15. The predicted octanol–water partition coefficient (Wildman–Crippen LogP) is 4.59. The Morgan fingerprint density at radius 1 is 1.04 bits per heavy atom. The van der Waals surface area contributed by atoms with Crippen LogP contribution in [-0.4, -0.2) is 31.4 Å². The standard InChI is InChI=1S/C22H26O5/c1-4-18(22(23)24)14-17-8-11-20(21(15-17)25-3)27-13-12-16-6-9-19(10-7-16)26-5-2/h6-11,14-15H,4-5,12-13H2,1-3H3,(H,23,24)/b18-14-. The molecule has 0 fully saturated rings. The van der Waals surface area contributed by atoms with Gasteiger partial charge in [-0.15, -0.1) is 0 Å². The fraction of sp³-hybridized carbons (Fsp3) is 0.318. The zero-order valence-corrected chi connectivity index (χ0v) is 16.0. The van der Waals surface area contributed by atoms with Gasteiger partial charge in [0.1, 0.15) is 5.75 Å². The second kappa shape index (κ2) is 10.3. The lowest BCUT2D eigenvalue weighted by atomic mass is 10.1. The van der Waals surface area contributed by atoms with Crippen molar-refractivity contribution >= 4 is 12.0 Å². The van der Waals surface area contributed by atoms with Gasteiger partial charge in [-0.25, -0.2) is 4.79 Å². The summed E-state index contributed by atoms with van der Waals surface area (Å²) >= 11 is 0. The average Bonchev–Trinajstić information content (AvgIpc) is 2.68. The number of carbonyl (C=O) groups is 1. The Kier molecular flexibility index (Phi) is 7.74. The molecule has 0 saturated heterocycles. The molecule has 144 valence electrons. The molecule has 0 aromatic heterocycles. The molecule has 2 rings (SSSR count). The van der Waals surface area contributed by atoms with E-state index in [4.69, 9.17) is 19.3 Å². The molecule has 0 aliphatic heterocycles. The smallest absolute Gasteiger partial charge is 0.331 e. The van der Waals surface area contributed by atoms with Gasteiger partial charge in [-0.3, -0.25) is 0 Å². The van der Waals surface area contributed by atoms with E-state index < -0.39 is 5.97 Å². The van der Waals surface area contributed by atoms with Gasteiger partial charge in [0.05, 0.1) is 20.3 Å². The fourth-order valence-electron chi connectivity index (χ4n) is 2.61. The van der Waals surface area contributed by atoms with Gasteiger partial charge in [0.15, 0.2) is 11.5 Å². The van der Waals surface area contributed by atoms with Gasteiger partial charge in [0, 0.05) is 12.0 Å². The van der Waals surface area contributed by atoms with Gasteiger partial charge in [-0.05, 0) is 54.8 Å². The molecule has 0 spiro atoms. The monoisotopic (exact) mass is 370 g/mol. The Labute approximate surface area is 160 Å². The van der Waals surface area contributed by atoms with E-state index in [1.54, 1.807) is 25.3 Å². The number of rotatable bonds is 10. The minimum absolute atomic E-state index is 0.348. The predicted molar refractivity (Wildman–Crippen MR) is 106 cm³/mol. The lowest BCUT2D eigenvalue weighted by Gasteiger charge is -2.12. The first-order valence-corrected chi connectivity index (χ1v) is 9.03. The summed E-state index contributed by atoms with van der Waals surface area (Å²) in [7, 11) is 1.57. The van der Waals surface area contributed by atoms with Gasteiger partial charge >= 0.3 is 5.97 Å². The summed E-state index contributed by atoms with van der Waals surface area (Å²) in [5.41, 5.74) is 2.28. The quantitative estimate of drug-likeness (QED) is 0.620. The van der Waals surface area contributed by atoms with Crippen molar-refractivity contribution in [2.24, 2.45) is 0 Å². The van der Waals surface area contributed by atoms with Crippen molar-refractivity contribution in [2.45, 2.75) is 26.7 Å². The SMILES string of the molecule is CCOc1ccc(CCOc2ccc(/C=C(/CC)C(=O)O)cc2OC)cc1. The minimum Gasteiger partial charge on any atom is -0.494 e. The molecule has 0 saturated carbocycles. The molecule has 2 aromatic carbocycles. The Bertz CT molecular complexity index is 778. The number of carboxylic acid groups (broad SMARTS) is 1. The summed E-state index contributed by atoms with van der Waals surface area (Å²) in [6.45, 7) is 4.94. The number of carboxylic acids is 1. The van der Waals surface area contributed by atoms with Crippen molar-refractivity contribution in [3.63, 3.8) is 0 Å². The van der Waals surface area contributed by atoms with Crippen molar-refractivity contribution in [3.05, 3.63) is 59.2 Å². The molecule has 0 atom stereocenters. The van der Waals surface area contributed by atoms with Crippen LogP contribution >= 0.6 is 0 Å². The largest absolute Gasteiger partial charge is 0.494 e. The molecular weight excluding hydrogens is 344 g/mol. The van der Waals surface area contributed by atoms with E-state index in [1.165, 1.54) is 0 Å². The maximum absolute atomic E-state index is 11.2. The molecule has 0 bridgehead atoms. The van der Waals surface area contributed by atoms with Crippen LogP contribution in [0.4, 0.5) is 0 Å². The third kappa shape index (κ3) is 6.06. The van der Waals surface area contributed by atoms with Crippen molar-refractivity contribution in [2.75, 3.05) is 20.3 Å². The number of hydrogen-bond donors (Lipinski definition) is 1. The zero-order valence-electron chi connectivity index (χ0n) is 16.0. The van der Waals surface area contributed by atoms with E-state index >= 15 is 0 Å². The number of ether oxygens (including phenoxy) is 3. The molecule has 0 heterocycles. The van der Waals surface area contributed by atoms with Gasteiger partial charge < -0.3 is 19.3 Å². The van der Waals surface area contributed by atoms with Gasteiger partial charge in [0.25, 0.3) is 0 Å². The van der Waals surface area contributed by atoms with E-state index in [-0.39, 0.29) is 0 Å². The van der Waals surface area contributed by atoms with E-state index in [1.807, 2.05) is 44.2 Å². The first-order chi connectivity index (χ1) is 13.1. The zero-order chi connectivity index (χ0) is 19.6. The normalized spacial score (nSPS) is 11.1.